The van der Waals surface area contributed by atoms with E-state index in [2.05, 4.69) is 20.4 Å². The molecule has 8 nitrogen and oxygen atoms in total. The van der Waals surface area contributed by atoms with Gasteiger partial charge in [-0.1, -0.05) is 5.16 Å². The number of nitrogens with zero attached hydrogens (tertiary/aromatic N) is 4. The fourth-order valence-corrected chi connectivity index (χ4v) is 3.12. The fraction of sp³-hybridized carbons (Fsp3) is 0.529. The minimum absolute atomic E-state index is 0.157. The van der Waals surface area contributed by atoms with Crippen LogP contribution in [0.3, 0.4) is 0 Å². The summed E-state index contributed by atoms with van der Waals surface area (Å²) in [4.78, 5) is 22.6. The number of carbonyl (C=O) groups excluding carboxylic acids is 1. The number of aryl methyl sites for hydroxylation is 2. The second-order valence-electron chi connectivity index (χ2n) is 6.55. The van der Waals surface area contributed by atoms with Crippen LogP contribution in [0.25, 0.3) is 0 Å². The Labute approximate surface area is 146 Å². The summed E-state index contributed by atoms with van der Waals surface area (Å²) < 4.78 is 5.07. The van der Waals surface area contributed by atoms with E-state index < -0.39 is 5.60 Å². The Bertz CT molecular complexity index is 714. The molecule has 2 aromatic rings. The lowest BCUT2D eigenvalue weighted by atomic mass is 9.93. The van der Waals surface area contributed by atoms with Crippen molar-refractivity contribution in [1.82, 2.24) is 20.4 Å². The monoisotopic (exact) mass is 345 g/mol. The van der Waals surface area contributed by atoms with Crippen molar-refractivity contribution >= 4 is 11.9 Å². The molecule has 134 valence electrons. The van der Waals surface area contributed by atoms with Gasteiger partial charge in [0.05, 0.1) is 24.3 Å². The largest absolute Gasteiger partial charge is 0.386 e. The van der Waals surface area contributed by atoms with Crippen LogP contribution < -0.4 is 10.2 Å². The van der Waals surface area contributed by atoms with E-state index >= 15 is 0 Å². The van der Waals surface area contributed by atoms with Crippen LogP contribution in [0.1, 0.15) is 29.9 Å². The predicted octanol–water partition coefficient (Wildman–Crippen LogP) is 0.772. The molecule has 3 rings (SSSR count). The van der Waals surface area contributed by atoms with Gasteiger partial charge in [-0.25, -0.2) is 9.97 Å². The summed E-state index contributed by atoms with van der Waals surface area (Å²) in [5, 5.41) is 17.5. The van der Waals surface area contributed by atoms with Crippen LogP contribution in [-0.4, -0.2) is 51.4 Å². The number of amides is 1. The highest BCUT2D eigenvalue weighted by atomic mass is 16.5. The quantitative estimate of drug-likeness (QED) is 0.825. The number of piperidine rings is 1. The first-order chi connectivity index (χ1) is 12.0. The smallest absolute Gasteiger partial charge is 0.225 e. The fourth-order valence-electron chi connectivity index (χ4n) is 3.12. The van der Waals surface area contributed by atoms with Crippen molar-refractivity contribution in [1.29, 1.82) is 0 Å². The molecular formula is C17H23N5O3. The van der Waals surface area contributed by atoms with Gasteiger partial charge in [-0.05, 0) is 32.8 Å². The first kappa shape index (κ1) is 17.3. The van der Waals surface area contributed by atoms with Crippen molar-refractivity contribution in [3.8, 4) is 0 Å². The summed E-state index contributed by atoms with van der Waals surface area (Å²) in [6.45, 7) is 4.97. The van der Waals surface area contributed by atoms with Crippen molar-refractivity contribution < 1.29 is 14.4 Å². The average molecular weight is 345 g/mol. The van der Waals surface area contributed by atoms with E-state index in [4.69, 9.17) is 4.52 Å². The zero-order valence-corrected chi connectivity index (χ0v) is 14.5. The van der Waals surface area contributed by atoms with E-state index in [9.17, 15) is 9.90 Å². The molecule has 0 aliphatic carbocycles. The van der Waals surface area contributed by atoms with Crippen LogP contribution in [0.5, 0.6) is 0 Å². The predicted molar refractivity (Wildman–Crippen MR) is 91.1 cm³/mol. The lowest BCUT2D eigenvalue weighted by Crippen LogP contribution is -2.54. The third-order valence-corrected chi connectivity index (χ3v) is 4.52. The molecule has 1 saturated heterocycles. The molecule has 0 saturated carbocycles. The molecule has 8 heteroatoms. The molecule has 0 aromatic carbocycles. The highest BCUT2D eigenvalue weighted by Crippen LogP contribution is 2.23. The van der Waals surface area contributed by atoms with Gasteiger partial charge in [0.1, 0.15) is 5.76 Å². The molecule has 1 aliphatic rings. The Morgan fingerprint density at radius 1 is 1.40 bits per heavy atom. The Morgan fingerprint density at radius 2 is 2.16 bits per heavy atom. The molecule has 0 radical (unpaired) electrons. The Hall–Kier alpha value is -2.48. The van der Waals surface area contributed by atoms with Gasteiger partial charge >= 0.3 is 0 Å². The first-order valence-corrected chi connectivity index (χ1v) is 8.40. The molecule has 1 aliphatic heterocycles. The molecule has 1 atom stereocenters. The van der Waals surface area contributed by atoms with E-state index in [1.54, 1.807) is 25.4 Å². The molecule has 2 aromatic heterocycles. The number of anilines is 1. The first-order valence-electron chi connectivity index (χ1n) is 8.40. The number of β-amino-alcohol motifs (C(OH)–C–C–N with tert-alkyl or cyclic N) is 1. The van der Waals surface area contributed by atoms with Crippen LogP contribution in [0.15, 0.2) is 23.0 Å². The molecule has 1 fully saturated rings. The van der Waals surface area contributed by atoms with Crippen molar-refractivity contribution in [3.63, 3.8) is 0 Å². The van der Waals surface area contributed by atoms with E-state index in [-0.39, 0.29) is 18.9 Å². The highest BCUT2D eigenvalue weighted by Gasteiger charge is 2.34. The van der Waals surface area contributed by atoms with Gasteiger partial charge in [-0.3, -0.25) is 4.79 Å². The Balaban J connectivity index is 1.57. The highest BCUT2D eigenvalue weighted by molar-refractivity contribution is 5.79. The molecule has 0 spiro atoms. The topological polar surface area (TPSA) is 104 Å². The number of aliphatic hydroxyl groups is 1. The van der Waals surface area contributed by atoms with Gasteiger partial charge in [0.25, 0.3) is 0 Å². The average Bonchev–Trinajstić information content (AvgIpc) is 2.93. The summed E-state index contributed by atoms with van der Waals surface area (Å²) in [7, 11) is 0. The summed E-state index contributed by atoms with van der Waals surface area (Å²) in [6, 6.07) is 1.76. The molecule has 25 heavy (non-hydrogen) atoms. The van der Waals surface area contributed by atoms with Gasteiger partial charge in [-0.2, -0.15) is 0 Å². The number of carbonyl (C=O) groups is 1. The maximum Gasteiger partial charge on any atom is 0.225 e. The van der Waals surface area contributed by atoms with E-state index in [0.717, 1.165) is 24.2 Å². The molecular weight excluding hydrogens is 322 g/mol. The zero-order chi connectivity index (χ0) is 17.9. The van der Waals surface area contributed by atoms with Gasteiger partial charge in [0.2, 0.25) is 11.9 Å². The third-order valence-electron chi connectivity index (χ3n) is 4.52. The van der Waals surface area contributed by atoms with Gasteiger partial charge in [0.15, 0.2) is 0 Å². The van der Waals surface area contributed by atoms with Crippen molar-refractivity contribution in [2.45, 2.75) is 38.7 Å². The summed E-state index contributed by atoms with van der Waals surface area (Å²) >= 11 is 0. The Kier molecular flexibility index (Phi) is 4.98. The number of hydrogen-bond donors (Lipinski definition) is 2. The van der Waals surface area contributed by atoms with E-state index in [0.29, 0.717) is 24.7 Å². The molecule has 0 unspecified atom stereocenters. The van der Waals surface area contributed by atoms with Crippen molar-refractivity contribution in [2.75, 3.05) is 24.5 Å². The SMILES string of the molecule is Cc1noc(C)c1CC(=O)NC[C@@]1(O)CCCN(c2ncccn2)C1. The number of hydrogen-bond acceptors (Lipinski definition) is 7. The number of aromatic nitrogens is 3. The minimum atomic E-state index is -0.994. The van der Waals surface area contributed by atoms with Crippen LogP contribution in [0.2, 0.25) is 0 Å². The normalized spacial score (nSPS) is 20.5. The number of rotatable bonds is 5. The zero-order valence-electron chi connectivity index (χ0n) is 14.5. The van der Waals surface area contributed by atoms with Gasteiger partial charge in [-0.15, -0.1) is 0 Å². The summed E-state index contributed by atoms with van der Waals surface area (Å²) in [5.41, 5.74) is 0.523. The maximum atomic E-state index is 12.2. The standard InChI is InChI=1S/C17H23N5O3/c1-12-14(13(2)25-21-12)9-15(23)20-10-17(24)5-3-8-22(11-17)16-18-6-4-7-19-16/h4,6-7,24H,3,5,8-11H2,1-2H3,(H,20,23)/t17-/m0/s1. The van der Waals surface area contributed by atoms with Crippen LogP contribution in [-0.2, 0) is 11.2 Å². The molecule has 0 bridgehead atoms. The van der Waals surface area contributed by atoms with Gasteiger partial charge in [0, 0.05) is 31.0 Å². The van der Waals surface area contributed by atoms with E-state index in [1.807, 2.05) is 11.8 Å². The molecule has 3 heterocycles. The molecule has 1 amide bonds. The van der Waals surface area contributed by atoms with Crippen molar-refractivity contribution in [3.05, 3.63) is 35.5 Å². The second kappa shape index (κ2) is 7.18. The minimum Gasteiger partial charge on any atom is -0.386 e. The molecule has 2 N–H and O–H groups in total. The van der Waals surface area contributed by atoms with Crippen LogP contribution >= 0.6 is 0 Å². The Morgan fingerprint density at radius 3 is 2.84 bits per heavy atom. The van der Waals surface area contributed by atoms with Gasteiger partial charge < -0.3 is 19.8 Å². The number of nitrogens with one attached hydrogen (secondary N) is 1. The second-order valence-corrected chi connectivity index (χ2v) is 6.55. The maximum absolute atomic E-state index is 12.2. The lowest BCUT2D eigenvalue weighted by molar-refractivity contribution is -0.121. The van der Waals surface area contributed by atoms with Crippen LogP contribution in [0.4, 0.5) is 5.95 Å². The van der Waals surface area contributed by atoms with Crippen LogP contribution in [0, 0.1) is 13.8 Å². The van der Waals surface area contributed by atoms with Crippen molar-refractivity contribution in [2.24, 2.45) is 0 Å². The lowest BCUT2D eigenvalue weighted by Gasteiger charge is -2.39. The summed E-state index contributed by atoms with van der Waals surface area (Å²) in [5.74, 6) is 1.09. The third kappa shape index (κ3) is 4.14. The van der Waals surface area contributed by atoms with E-state index in [1.165, 1.54) is 0 Å². The summed E-state index contributed by atoms with van der Waals surface area (Å²) in [6.07, 6.45) is 5.00.